The van der Waals surface area contributed by atoms with Crippen molar-refractivity contribution in [2.45, 2.75) is 6.23 Å². The number of nitrogens with zero attached hydrogens (tertiary/aromatic N) is 4. The minimum Gasteiger partial charge on any atom is -0.453 e. The van der Waals surface area contributed by atoms with Crippen molar-refractivity contribution >= 4 is 29.3 Å². The molecule has 0 saturated carbocycles. The second-order valence-electron chi connectivity index (χ2n) is 5.81. The molecule has 0 aromatic heterocycles. The molecule has 0 unspecified atom stereocenters. The maximum Gasteiger partial charge on any atom is 0.416 e. The predicted molar refractivity (Wildman–Crippen MR) is 85.6 cm³/mol. The van der Waals surface area contributed by atoms with Gasteiger partial charge < -0.3 is 19.6 Å². The van der Waals surface area contributed by atoms with Gasteiger partial charge in [0.1, 0.15) is 5.69 Å². The van der Waals surface area contributed by atoms with Crippen LogP contribution < -0.4 is 9.80 Å². The van der Waals surface area contributed by atoms with Gasteiger partial charge in [0.2, 0.25) is 0 Å². The quantitative estimate of drug-likeness (QED) is 0.641. The third-order valence-electron chi connectivity index (χ3n) is 4.21. The monoisotopic (exact) mass is 370 g/mol. The van der Waals surface area contributed by atoms with Gasteiger partial charge in [-0.3, -0.25) is 9.80 Å². The van der Waals surface area contributed by atoms with E-state index in [9.17, 15) is 18.4 Å². The lowest BCUT2D eigenvalue weighted by Gasteiger charge is -2.34. The van der Waals surface area contributed by atoms with Gasteiger partial charge in [-0.15, -0.1) is 0 Å². The highest BCUT2D eigenvalue weighted by molar-refractivity contribution is 5.99. The molecular formula is C15H16F2N4O5. The van der Waals surface area contributed by atoms with Crippen LogP contribution in [-0.4, -0.2) is 68.0 Å². The SMILES string of the molecule is COC(=O)N(C)[C@@H]1CN(c2cc(F)c(N3CC(=NO)C3)c(F)c2)C(=O)O1. The molecule has 11 heteroatoms. The topological polar surface area (TPSA) is 94.9 Å². The molecule has 2 amide bonds. The molecule has 1 N–H and O–H groups in total. The molecule has 2 heterocycles. The van der Waals surface area contributed by atoms with Crippen molar-refractivity contribution in [3.63, 3.8) is 0 Å². The van der Waals surface area contributed by atoms with Crippen LogP contribution in [0.3, 0.4) is 0 Å². The summed E-state index contributed by atoms with van der Waals surface area (Å²) in [6.45, 7) is 0.122. The van der Waals surface area contributed by atoms with Crippen LogP contribution in [0.1, 0.15) is 0 Å². The molecule has 1 atom stereocenters. The zero-order valence-electron chi connectivity index (χ0n) is 14.0. The number of halogens is 2. The van der Waals surface area contributed by atoms with Gasteiger partial charge in [0.15, 0.2) is 17.9 Å². The van der Waals surface area contributed by atoms with E-state index in [4.69, 9.17) is 9.94 Å². The first-order valence-corrected chi connectivity index (χ1v) is 7.58. The van der Waals surface area contributed by atoms with E-state index in [0.29, 0.717) is 5.71 Å². The molecule has 2 saturated heterocycles. The fraction of sp³-hybridized carbons (Fsp3) is 0.400. The summed E-state index contributed by atoms with van der Waals surface area (Å²) in [5.41, 5.74) is 0.104. The van der Waals surface area contributed by atoms with Crippen LogP contribution in [-0.2, 0) is 9.47 Å². The molecule has 26 heavy (non-hydrogen) atoms. The maximum atomic E-state index is 14.4. The van der Waals surface area contributed by atoms with Gasteiger partial charge >= 0.3 is 12.2 Å². The zero-order valence-corrected chi connectivity index (χ0v) is 14.0. The number of benzene rings is 1. The molecule has 0 bridgehead atoms. The number of oxime groups is 1. The highest BCUT2D eigenvalue weighted by Gasteiger charge is 2.38. The number of ether oxygens (including phenoxy) is 2. The number of rotatable bonds is 3. The van der Waals surface area contributed by atoms with E-state index in [1.807, 2.05) is 0 Å². The molecule has 1 aromatic carbocycles. The van der Waals surface area contributed by atoms with Gasteiger partial charge in [0, 0.05) is 19.2 Å². The predicted octanol–water partition coefficient (Wildman–Crippen LogP) is 1.60. The molecule has 2 aliphatic rings. The van der Waals surface area contributed by atoms with E-state index in [0.717, 1.165) is 21.9 Å². The molecule has 9 nitrogen and oxygen atoms in total. The van der Waals surface area contributed by atoms with Crippen LogP contribution >= 0.6 is 0 Å². The first kappa shape index (κ1) is 17.7. The van der Waals surface area contributed by atoms with Crippen LogP contribution in [0.25, 0.3) is 0 Å². The minimum absolute atomic E-state index is 0.0360. The summed E-state index contributed by atoms with van der Waals surface area (Å²) < 4.78 is 38.4. The Labute approximate surface area is 147 Å². The summed E-state index contributed by atoms with van der Waals surface area (Å²) in [5.74, 6) is -1.73. The van der Waals surface area contributed by atoms with Gasteiger partial charge in [0.05, 0.1) is 38.1 Å². The van der Waals surface area contributed by atoms with Gasteiger partial charge in [-0.25, -0.2) is 18.4 Å². The fourth-order valence-electron chi connectivity index (χ4n) is 2.75. The number of carbonyl (C=O) groups is 2. The van der Waals surface area contributed by atoms with E-state index in [1.165, 1.54) is 19.1 Å². The van der Waals surface area contributed by atoms with Gasteiger partial charge in [0.25, 0.3) is 0 Å². The van der Waals surface area contributed by atoms with Gasteiger partial charge in [-0.1, -0.05) is 5.16 Å². The Hall–Kier alpha value is -3.11. The Morgan fingerprint density at radius 2 is 2.00 bits per heavy atom. The van der Waals surface area contributed by atoms with Crippen molar-refractivity contribution in [3.8, 4) is 0 Å². The van der Waals surface area contributed by atoms with Crippen LogP contribution in [0, 0.1) is 11.6 Å². The van der Waals surface area contributed by atoms with E-state index in [-0.39, 0.29) is 31.0 Å². The van der Waals surface area contributed by atoms with Crippen molar-refractivity contribution < 1.29 is 33.1 Å². The number of methoxy groups -OCH3 is 1. The third kappa shape index (κ3) is 2.95. The summed E-state index contributed by atoms with van der Waals surface area (Å²) in [6.07, 6.45) is -2.49. The number of cyclic esters (lactones) is 1. The number of hydrogen-bond donors (Lipinski definition) is 1. The Kier molecular flexibility index (Phi) is 4.53. The van der Waals surface area contributed by atoms with Gasteiger partial charge in [-0.2, -0.15) is 0 Å². The Balaban J connectivity index is 1.80. The first-order valence-electron chi connectivity index (χ1n) is 7.58. The van der Waals surface area contributed by atoms with Crippen molar-refractivity contribution in [2.75, 3.05) is 43.6 Å². The molecule has 3 rings (SSSR count). The van der Waals surface area contributed by atoms with E-state index < -0.39 is 30.0 Å². The second-order valence-corrected chi connectivity index (χ2v) is 5.81. The summed E-state index contributed by atoms with van der Waals surface area (Å²) in [6, 6.07) is 2.02. The fourth-order valence-corrected chi connectivity index (χ4v) is 2.75. The van der Waals surface area contributed by atoms with Crippen LogP contribution in [0.15, 0.2) is 17.3 Å². The summed E-state index contributed by atoms with van der Waals surface area (Å²) in [7, 11) is 2.56. The summed E-state index contributed by atoms with van der Waals surface area (Å²) in [5, 5.41) is 11.6. The van der Waals surface area contributed by atoms with Crippen molar-refractivity contribution in [1.82, 2.24) is 4.90 Å². The number of hydrogen-bond acceptors (Lipinski definition) is 7. The molecular weight excluding hydrogens is 354 g/mol. The zero-order chi connectivity index (χ0) is 19.0. The molecule has 1 aromatic rings. The number of amides is 2. The van der Waals surface area contributed by atoms with Crippen molar-refractivity contribution in [3.05, 3.63) is 23.8 Å². The van der Waals surface area contributed by atoms with Crippen LogP contribution in [0.5, 0.6) is 0 Å². The van der Waals surface area contributed by atoms with Crippen molar-refractivity contribution in [1.29, 1.82) is 0 Å². The lowest BCUT2D eigenvalue weighted by Crippen LogP contribution is -2.48. The Morgan fingerprint density at radius 3 is 2.54 bits per heavy atom. The molecule has 0 spiro atoms. The highest BCUT2D eigenvalue weighted by atomic mass is 19.1. The smallest absolute Gasteiger partial charge is 0.416 e. The molecule has 140 valence electrons. The average molecular weight is 370 g/mol. The average Bonchev–Trinajstić information content (AvgIpc) is 2.96. The number of carbonyl (C=O) groups excluding carboxylic acids is 2. The highest BCUT2D eigenvalue weighted by Crippen LogP contribution is 2.32. The van der Waals surface area contributed by atoms with E-state index >= 15 is 0 Å². The number of anilines is 2. The molecule has 0 aliphatic carbocycles. The first-order chi connectivity index (χ1) is 12.3. The van der Waals surface area contributed by atoms with Gasteiger partial charge in [-0.05, 0) is 0 Å². The molecule has 0 radical (unpaired) electrons. The van der Waals surface area contributed by atoms with Crippen LogP contribution in [0.4, 0.5) is 29.7 Å². The lowest BCUT2D eigenvalue weighted by atomic mass is 10.1. The Morgan fingerprint density at radius 1 is 1.38 bits per heavy atom. The largest absolute Gasteiger partial charge is 0.453 e. The second kappa shape index (κ2) is 6.65. The summed E-state index contributed by atoms with van der Waals surface area (Å²) >= 11 is 0. The van der Waals surface area contributed by atoms with Crippen molar-refractivity contribution in [2.24, 2.45) is 5.16 Å². The maximum absolute atomic E-state index is 14.4. The Bertz CT molecular complexity index is 756. The lowest BCUT2D eigenvalue weighted by molar-refractivity contribution is 0.0343. The van der Waals surface area contributed by atoms with E-state index in [2.05, 4.69) is 9.89 Å². The normalized spacial score (nSPS) is 19.2. The third-order valence-corrected chi connectivity index (χ3v) is 4.21. The van der Waals surface area contributed by atoms with E-state index in [1.54, 1.807) is 0 Å². The standard InChI is InChI=1S/C15H16F2N4O5/c1-19(14(22)25-2)12-7-21(15(23)26-12)9-3-10(16)13(11(17)4-9)20-5-8(6-20)18-24/h3-4,12,24H,5-7H2,1-2H3/t12-/m0/s1. The minimum atomic E-state index is -0.945. The molecule has 2 fully saturated rings. The van der Waals surface area contributed by atoms with Crippen LogP contribution in [0.2, 0.25) is 0 Å². The molecule has 2 aliphatic heterocycles. The summed E-state index contributed by atoms with van der Waals surface area (Å²) in [4.78, 5) is 27.0. The number of likely N-dealkylation sites (N-methyl/N-ethyl adjacent to an activating group) is 1.